The number of hydrogen-bond donors (Lipinski definition) is 0. The lowest BCUT2D eigenvalue weighted by Gasteiger charge is -2.34. The summed E-state index contributed by atoms with van der Waals surface area (Å²) in [6, 6.07) is 63.4. The monoisotopic (exact) mass is 600 g/mol. The van der Waals surface area contributed by atoms with Gasteiger partial charge >= 0.3 is 0 Å². The van der Waals surface area contributed by atoms with Crippen molar-refractivity contribution in [3.63, 3.8) is 0 Å². The standard InChI is InChI=1S/C45H28S/c1-2-15-33(16-3-1)45(34-25-23-29-11-4-5-12-31(29)27-34)39-20-7-6-17-37(39)44-35(18-10-21-40(44)45)32-24-26-41-38(28-32)36-19-8-13-30-14-9-22-42(46-41)43(30)36/h1-28H. The summed E-state index contributed by atoms with van der Waals surface area (Å²) in [6.07, 6.45) is 0. The maximum absolute atomic E-state index is 2.43. The van der Waals surface area contributed by atoms with E-state index in [1.165, 1.54) is 87.0 Å². The SMILES string of the molecule is c1ccc(C2(c3ccc4ccccc4c3)c3ccccc3-c3c(-c4ccc5c(c4)-c4cccc6cccc(c46)S5)cccc32)cc1. The maximum atomic E-state index is 2.43. The Morgan fingerprint density at radius 3 is 1.98 bits per heavy atom. The number of benzene rings is 8. The number of fused-ring (bicyclic) bond motifs is 6. The predicted molar refractivity (Wildman–Crippen MR) is 194 cm³/mol. The number of rotatable bonds is 3. The molecule has 0 bridgehead atoms. The van der Waals surface area contributed by atoms with Gasteiger partial charge in [-0.15, -0.1) is 0 Å². The van der Waals surface area contributed by atoms with E-state index in [-0.39, 0.29) is 0 Å². The fraction of sp³-hybridized carbons (Fsp3) is 0.0222. The summed E-state index contributed by atoms with van der Waals surface area (Å²) in [5, 5.41) is 5.19. The molecule has 10 rings (SSSR count). The zero-order valence-electron chi connectivity index (χ0n) is 25.1. The average Bonchev–Trinajstić information content (AvgIpc) is 3.43. The van der Waals surface area contributed by atoms with Crippen LogP contribution in [0.2, 0.25) is 0 Å². The van der Waals surface area contributed by atoms with E-state index in [9.17, 15) is 0 Å². The van der Waals surface area contributed by atoms with E-state index < -0.39 is 5.41 Å². The van der Waals surface area contributed by atoms with Gasteiger partial charge in [-0.25, -0.2) is 0 Å². The van der Waals surface area contributed by atoms with Crippen LogP contribution in [0.15, 0.2) is 180 Å². The van der Waals surface area contributed by atoms with Crippen LogP contribution >= 0.6 is 11.8 Å². The molecule has 0 radical (unpaired) electrons. The second-order valence-electron chi connectivity index (χ2n) is 12.4. The van der Waals surface area contributed by atoms with Gasteiger partial charge in [0.15, 0.2) is 0 Å². The molecule has 2 aliphatic rings. The van der Waals surface area contributed by atoms with Gasteiger partial charge in [0.05, 0.1) is 5.41 Å². The van der Waals surface area contributed by atoms with Crippen molar-refractivity contribution in [2.45, 2.75) is 15.2 Å². The Labute approximate surface area is 273 Å². The molecule has 0 saturated carbocycles. The van der Waals surface area contributed by atoms with Crippen LogP contribution in [0.25, 0.3) is 54.9 Å². The zero-order chi connectivity index (χ0) is 30.2. The Hall–Kier alpha value is -5.37. The highest BCUT2D eigenvalue weighted by atomic mass is 32.2. The molecule has 1 unspecified atom stereocenters. The van der Waals surface area contributed by atoms with Crippen molar-refractivity contribution in [3.8, 4) is 33.4 Å². The zero-order valence-corrected chi connectivity index (χ0v) is 25.9. The highest BCUT2D eigenvalue weighted by Crippen LogP contribution is 2.59. The van der Waals surface area contributed by atoms with Crippen molar-refractivity contribution < 1.29 is 0 Å². The van der Waals surface area contributed by atoms with Gasteiger partial charge in [-0.2, -0.15) is 0 Å². The summed E-state index contributed by atoms with van der Waals surface area (Å²) < 4.78 is 0. The Balaban J connectivity index is 1.26. The smallest absolute Gasteiger partial charge is 0.0714 e. The first kappa shape index (κ1) is 25.9. The molecule has 1 heterocycles. The highest BCUT2D eigenvalue weighted by molar-refractivity contribution is 7.99. The van der Waals surface area contributed by atoms with E-state index in [1.807, 2.05) is 11.8 Å². The van der Waals surface area contributed by atoms with Gasteiger partial charge in [0.2, 0.25) is 0 Å². The van der Waals surface area contributed by atoms with E-state index in [4.69, 9.17) is 0 Å². The first-order valence-electron chi connectivity index (χ1n) is 15.9. The second kappa shape index (κ2) is 9.81. The summed E-state index contributed by atoms with van der Waals surface area (Å²) in [5.74, 6) is 0. The fourth-order valence-corrected chi connectivity index (χ4v) is 9.33. The quantitative estimate of drug-likeness (QED) is 0.194. The minimum absolute atomic E-state index is 0.443. The topological polar surface area (TPSA) is 0 Å². The van der Waals surface area contributed by atoms with E-state index in [2.05, 4.69) is 170 Å². The third-order valence-electron chi connectivity index (χ3n) is 10.1. The molecule has 0 saturated heterocycles. The summed E-state index contributed by atoms with van der Waals surface area (Å²) in [6.45, 7) is 0. The Kier molecular flexibility index (Phi) is 5.53. The van der Waals surface area contributed by atoms with Gasteiger partial charge in [-0.05, 0) is 96.1 Å². The first-order chi connectivity index (χ1) is 22.8. The lowest BCUT2D eigenvalue weighted by molar-refractivity contribution is 0.770. The van der Waals surface area contributed by atoms with E-state index in [0.717, 1.165) is 0 Å². The molecule has 0 nitrogen and oxygen atoms in total. The van der Waals surface area contributed by atoms with Crippen molar-refractivity contribution in [2.75, 3.05) is 0 Å². The molecule has 1 atom stereocenters. The van der Waals surface area contributed by atoms with Crippen molar-refractivity contribution in [3.05, 3.63) is 192 Å². The Morgan fingerprint density at radius 1 is 0.370 bits per heavy atom. The van der Waals surface area contributed by atoms with Crippen LogP contribution in [-0.4, -0.2) is 0 Å². The summed E-state index contributed by atoms with van der Waals surface area (Å²) >= 11 is 1.89. The van der Waals surface area contributed by atoms with E-state index >= 15 is 0 Å². The summed E-state index contributed by atoms with van der Waals surface area (Å²) in [5.41, 5.74) is 12.6. The van der Waals surface area contributed by atoms with Gasteiger partial charge in [-0.3, -0.25) is 0 Å². The van der Waals surface area contributed by atoms with Gasteiger partial charge < -0.3 is 0 Å². The molecule has 8 aromatic rings. The van der Waals surface area contributed by atoms with Crippen LogP contribution in [0.5, 0.6) is 0 Å². The van der Waals surface area contributed by atoms with Gasteiger partial charge in [0.1, 0.15) is 0 Å². The van der Waals surface area contributed by atoms with Crippen molar-refractivity contribution in [1.82, 2.24) is 0 Å². The molecule has 0 N–H and O–H groups in total. The molecular formula is C45H28S. The molecule has 0 aromatic heterocycles. The molecular weight excluding hydrogens is 573 g/mol. The fourth-order valence-electron chi connectivity index (χ4n) is 8.20. The van der Waals surface area contributed by atoms with Crippen LogP contribution in [-0.2, 0) is 5.41 Å². The molecule has 214 valence electrons. The molecule has 1 heteroatoms. The van der Waals surface area contributed by atoms with Gasteiger partial charge in [0.25, 0.3) is 0 Å². The Bertz CT molecular complexity index is 2500. The maximum Gasteiger partial charge on any atom is 0.0714 e. The third kappa shape index (κ3) is 3.52. The van der Waals surface area contributed by atoms with Crippen LogP contribution in [0, 0.1) is 0 Å². The van der Waals surface area contributed by atoms with Gasteiger partial charge in [-0.1, -0.05) is 157 Å². The molecule has 0 spiro atoms. The lowest BCUT2D eigenvalue weighted by atomic mass is 9.67. The molecule has 8 aromatic carbocycles. The number of hydrogen-bond acceptors (Lipinski definition) is 1. The largest absolute Gasteiger partial charge is 0.0888 e. The van der Waals surface area contributed by atoms with E-state index in [1.54, 1.807) is 0 Å². The minimum atomic E-state index is -0.443. The van der Waals surface area contributed by atoms with Crippen molar-refractivity contribution >= 4 is 33.3 Å². The summed E-state index contributed by atoms with van der Waals surface area (Å²) in [4.78, 5) is 2.66. The van der Waals surface area contributed by atoms with E-state index in [0.29, 0.717) is 0 Å². The molecule has 0 amide bonds. The van der Waals surface area contributed by atoms with Gasteiger partial charge in [0, 0.05) is 15.2 Å². The van der Waals surface area contributed by atoms with Crippen molar-refractivity contribution in [2.24, 2.45) is 0 Å². The molecule has 1 aliphatic carbocycles. The second-order valence-corrected chi connectivity index (χ2v) is 13.5. The molecule has 46 heavy (non-hydrogen) atoms. The Morgan fingerprint density at radius 2 is 1.07 bits per heavy atom. The lowest BCUT2D eigenvalue weighted by Crippen LogP contribution is -2.28. The predicted octanol–water partition coefficient (Wildman–Crippen LogP) is 12.2. The van der Waals surface area contributed by atoms with Crippen LogP contribution < -0.4 is 0 Å². The average molecular weight is 601 g/mol. The van der Waals surface area contributed by atoms with Crippen LogP contribution in [0.1, 0.15) is 22.3 Å². The molecule has 1 aliphatic heterocycles. The molecule has 0 fully saturated rings. The first-order valence-corrected chi connectivity index (χ1v) is 16.7. The van der Waals surface area contributed by atoms with Crippen LogP contribution in [0.3, 0.4) is 0 Å². The normalized spacial score (nSPS) is 15.8. The third-order valence-corrected chi connectivity index (χ3v) is 11.3. The van der Waals surface area contributed by atoms with Crippen LogP contribution in [0.4, 0.5) is 0 Å². The highest BCUT2D eigenvalue weighted by Gasteiger charge is 2.46. The van der Waals surface area contributed by atoms with Crippen molar-refractivity contribution in [1.29, 1.82) is 0 Å². The minimum Gasteiger partial charge on any atom is -0.0888 e. The summed E-state index contributed by atoms with van der Waals surface area (Å²) in [7, 11) is 0.